The Bertz CT molecular complexity index is 1510. The third-order valence-corrected chi connectivity index (χ3v) is 6.40. The smallest absolute Gasteiger partial charge is 0.259 e. The van der Waals surface area contributed by atoms with Crippen LogP contribution in [0.3, 0.4) is 0 Å². The Morgan fingerprint density at radius 2 is 1.78 bits per heavy atom. The summed E-state index contributed by atoms with van der Waals surface area (Å²) in [6, 6.07) is 21.2. The first-order valence-corrected chi connectivity index (χ1v) is 12.2. The molecule has 0 atom stereocenters. The van der Waals surface area contributed by atoms with Crippen LogP contribution in [-0.4, -0.2) is 35.4 Å². The zero-order valence-corrected chi connectivity index (χ0v) is 19.7. The van der Waals surface area contributed by atoms with Crippen molar-refractivity contribution >= 4 is 11.6 Å². The maximum atomic E-state index is 13.5. The van der Waals surface area contributed by atoms with Gasteiger partial charge in [0, 0.05) is 48.4 Å². The summed E-state index contributed by atoms with van der Waals surface area (Å²) in [5.41, 5.74) is 4.30. The molecule has 0 aliphatic carbocycles. The van der Waals surface area contributed by atoms with E-state index in [1.54, 1.807) is 23.3 Å². The highest BCUT2D eigenvalue weighted by Crippen LogP contribution is 2.27. The quantitative estimate of drug-likeness (QED) is 0.379. The number of carbonyl (C=O) groups excluding carboxylic acids is 1. The van der Waals surface area contributed by atoms with Gasteiger partial charge in [0.05, 0.1) is 11.3 Å². The Balaban J connectivity index is 1.33. The fourth-order valence-corrected chi connectivity index (χ4v) is 4.60. The molecule has 0 saturated carbocycles. The second-order valence-corrected chi connectivity index (χ2v) is 8.85. The van der Waals surface area contributed by atoms with Crippen LogP contribution in [0.15, 0.2) is 85.3 Å². The molecule has 1 amide bonds. The number of para-hydroxylation sites is 1. The van der Waals surface area contributed by atoms with Gasteiger partial charge in [0.25, 0.3) is 5.91 Å². The summed E-state index contributed by atoms with van der Waals surface area (Å²) in [5.74, 6) is 1.63. The van der Waals surface area contributed by atoms with Crippen molar-refractivity contribution in [3.05, 3.63) is 96.7 Å². The van der Waals surface area contributed by atoms with E-state index in [4.69, 9.17) is 5.10 Å². The average Bonchev–Trinajstić information content (AvgIpc) is 3.48. The zero-order valence-electron chi connectivity index (χ0n) is 19.7. The predicted octanol–water partition coefficient (Wildman–Crippen LogP) is 5.17. The van der Waals surface area contributed by atoms with Gasteiger partial charge in [-0.05, 0) is 49.2 Å². The summed E-state index contributed by atoms with van der Waals surface area (Å²) >= 11 is 0. The summed E-state index contributed by atoms with van der Waals surface area (Å²) in [5, 5.41) is 16.7. The van der Waals surface area contributed by atoms with Crippen LogP contribution in [0.25, 0.3) is 28.3 Å². The van der Waals surface area contributed by atoms with Crippen molar-refractivity contribution in [2.45, 2.75) is 32.2 Å². The van der Waals surface area contributed by atoms with Crippen molar-refractivity contribution in [3.8, 4) is 28.3 Å². The molecule has 4 heterocycles. The van der Waals surface area contributed by atoms with Gasteiger partial charge in [-0.15, -0.1) is 10.2 Å². The number of nitrogens with one attached hydrogen (secondary N) is 1. The van der Waals surface area contributed by atoms with Crippen LogP contribution in [0, 0.1) is 0 Å². The molecule has 1 N–H and O–H groups in total. The Labute approximate surface area is 208 Å². The molecule has 1 aliphatic heterocycles. The molecule has 0 bridgehead atoms. The number of rotatable bonds is 5. The summed E-state index contributed by atoms with van der Waals surface area (Å²) in [4.78, 5) is 17.7. The van der Waals surface area contributed by atoms with Crippen molar-refractivity contribution in [2.24, 2.45) is 0 Å². The molecule has 6 rings (SSSR count). The molecule has 5 aromatic rings. The standard InChI is InChI=1S/C28H25N7O/c36-28(24-19-35(23-12-3-1-4-13-23)33-26(24)21-10-8-15-29-18-21)30-22-11-7-9-20(17-22)27-32-31-25-14-5-2-6-16-34(25)27/h1,3-4,7-13,15,17-19H,2,5-6,14,16H2,(H,30,36). The van der Waals surface area contributed by atoms with Gasteiger partial charge < -0.3 is 9.88 Å². The molecule has 1 aliphatic rings. The number of benzene rings is 2. The molecule has 0 radical (unpaired) electrons. The van der Waals surface area contributed by atoms with E-state index >= 15 is 0 Å². The number of amides is 1. The number of anilines is 1. The molecule has 0 unspecified atom stereocenters. The number of pyridine rings is 1. The maximum absolute atomic E-state index is 13.5. The van der Waals surface area contributed by atoms with E-state index < -0.39 is 0 Å². The van der Waals surface area contributed by atoms with Gasteiger partial charge in [-0.3, -0.25) is 9.78 Å². The highest BCUT2D eigenvalue weighted by Gasteiger charge is 2.20. The van der Waals surface area contributed by atoms with Crippen LogP contribution >= 0.6 is 0 Å². The Kier molecular flexibility index (Phi) is 5.83. The van der Waals surface area contributed by atoms with Gasteiger partial charge in [0.1, 0.15) is 11.5 Å². The minimum absolute atomic E-state index is 0.242. The van der Waals surface area contributed by atoms with E-state index in [0.29, 0.717) is 16.9 Å². The molecular weight excluding hydrogens is 450 g/mol. The molecule has 0 saturated heterocycles. The van der Waals surface area contributed by atoms with Gasteiger partial charge >= 0.3 is 0 Å². The van der Waals surface area contributed by atoms with Crippen molar-refractivity contribution in [1.29, 1.82) is 0 Å². The van der Waals surface area contributed by atoms with Crippen molar-refractivity contribution in [3.63, 3.8) is 0 Å². The maximum Gasteiger partial charge on any atom is 0.259 e. The van der Waals surface area contributed by atoms with Gasteiger partial charge in [0.15, 0.2) is 5.82 Å². The SMILES string of the molecule is O=C(Nc1cccc(-c2nnc3n2CCCCC3)c1)c1cn(-c2ccccc2)nc1-c1cccnc1. The molecule has 178 valence electrons. The number of hydrogen-bond donors (Lipinski definition) is 1. The van der Waals surface area contributed by atoms with Crippen LogP contribution in [-0.2, 0) is 13.0 Å². The van der Waals surface area contributed by atoms with Crippen molar-refractivity contribution < 1.29 is 4.79 Å². The second kappa shape index (κ2) is 9.58. The molecule has 8 heteroatoms. The zero-order chi connectivity index (χ0) is 24.3. The number of carbonyl (C=O) groups is 1. The first kappa shape index (κ1) is 21.9. The summed E-state index contributed by atoms with van der Waals surface area (Å²) in [6.07, 6.45) is 9.59. The second-order valence-electron chi connectivity index (χ2n) is 8.85. The number of aryl methyl sites for hydroxylation is 1. The predicted molar refractivity (Wildman–Crippen MR) is 138 cm³/mol. The van der Waals surface area contributed by atoms with E-state index in [9.17, 15) is 4.79 Å². The monoisotopic (exact) mass is 475 g/mol. The lowest BCUT2D eigenvalue weighted by Crippen LogP contribution is -2.12. The molecule has 0 fully saturated rings. The van der Waals surface area contributed by atoms with Crippen LogP contribution in [0.4, 0.5) is 5.69 Å². The van der Waals surface area contributed by atoms with Gasteiger partial charge in [-0.25, -0.2) is 4.68 Å². The first-order valence-electron chi connectivity index (χ1n) is 12.2. The lowest BCUT2D eigenvalue weighted by molar-refractivity contribution is 0.102. The number of nitrogens with zero attached hydrogens (tertiary/aromatic N) is 6. The lowest BCUT2D eigenvalue weighted by atomic mass is 10.1. The summed E-state index contributed by atoms with van der Waals surface area (Å²) in [7, 11) is 0. The summed E-state index contributed by atoms with van der Waals surface area (Å²) in [6.45, 7) is 0.918. The van der Waals surface area contributed by atoms with Crippen LogP contribution in [0.2, 0.25) is 0 Å². The normalized spacial score (nSPS) is 13.1. The number of fused-ring (bicyclic) bond motifs is 1. The number of hydrogen-bond acceptors (Lipinski definition) is 5. The van der Waals surface area contributed by atoms with Gasteiger partial charge in [0.2, 0.25) is 0 Å². The topological polar surface area (TPSA) is 90.5 Å². The van der Waals surface area contributed by atoms with Crippen molar-refractivity contribution in [2.75, 3.05) is 5.32 Å². The molecule has 8 nitrogen and oxygen atoms in total. The Morgan fingerprint density at radius 3 is 2.64 bits per heavy atom. The highest BCUT2D eigenvalue weighted by molar-refractivity contribution is 6.08. The highest BCUT2D eigenvalue weighted by atomic mass is 16.1. The number of aromatic nitrogens is 6. The minimum atomic E-state index is -0.242. The van der Waals surface area contributed by atoms with Crippen LogP contribution < -0.4 is 5.32 Å². The third-order valence-electron chi connectivity index (χ3n) is 6.40. The third kappa shape index (κ3) is 4.29. The summed E-state index contributed by atoms with van der Waals surface area (Å²) < 4.78 is 3.93. The lowest BCUT2D eigenvalue weighted by Gasteiger charge is -2.09. The van der Waals surface area contributed by atoms with E-state index in [1.165, 1.54) is 6.42 Å². The minimum Gasteiger partial charge on any atom is -0.322 e. The van der Waals surface area contributed by atoms with Crippen LogP contribution in [0.1, 0.15) is 35.4 Å². The van der Waals surface area contributed by atoms with Gasteiger partial charge in [-0.2, -0.15) is 5.10 Å². The Hall–Kier alpha value is -4.59. The molecule has 0 spiro atoms. The largest absolute Gasteiger partial charge is 0.322 e. The molecule has 36 heavy (non-hydrogen) atoms. The Morgan fingerprint density at radius 1 is 0.889 bits per heavy atom. The van der Waals surface area contributed by atoms with Crippen molar-refractivity contribution in [1.82, 2.24) is 29.5 Å². The first-order chi connectivity index (χ1) is 17.8. The molecule has 3 aromatic heterocycles. The van der Waals surface area contributed by atoms with E-state index in [1.807, 2.05) is 66.7 Å². The van der Waals surface area contributed by atoms with Crippen LogP contribution in [0.5, 0.6) is 0 Å². The fraction of sp³-hybridized carbons (Fsp3) is 0.179. The molecular formula is C28H25N7O. The van der Waals surface area contributed by atoms with E-state index in [2.05, 4.69) is 25.1 Å². The molecule has 2 aromatic carbocycles. The fourth-order valence-electron chi connectivity index (χ4n) is 4.60. The van der Waals surface area contributed by atoms with E-state index in [-0.39, 0.29) is 5.91 Å². The van der Waals surface area contributed by atoms with Gasteiger partial charge in [-0.1, -0.05) is 36.8 Å². The average molecular weight is 476 g/mol. The van der Waals surface area contributed by atoms with E-state index in [0.717, 1.165) is 54.3 Å².